The molecule has 1 fully saturated rings. The highest BCUT2D eigenvalue weighted by molar-refractivity contribution is 7.14. The molecule has 2 aromatic heterocycles. The van der Waals surface area contributed by atoms with E-state index in [0.29, 0.717) is 10.8 Å². The fraction of sp³-hybridized carbons (Fsp3) is 0.500. The second kappa shape index (κ2) is 8.75. The van der Waals surface area contributed by atoms with Crippen molar-refractivity contribution in [2.24, 2.45) is 5.73 Å². The number of rotatable bonds is 6. The van der Waals surface area contributed by atoms with Gasteiger partial charge in [-0.3, -0.25) is 4.79 Å². The summed E-state index contributed by atoms with van der Waals surface area (Å²) in [5, 5.41) is 5.07. The number of amides is 1. The van der Waals surface area contributed by atoms with Gasteiger partial charge in [0, 0.05) is 25.6 Å². The van der Waals surface area contributed by atoms with E-state index in [2.05, 4.69) is 29.0 Å². The summed E-state index contributed by atoms with van der Waals surface area (Å²) >= 11 is 1.34. The highest BCUT2D eigenvalue weighted by Crippen LogP contribution is 2.26. The van der Waals surface area contributed by atoms with Gasteiger partial charge >= 0.3 is 0 Å². The summed E-state index contributed by atoms with van der Waals surface area (Å²) in [6.45, 7) is 5.89. The van der Waals surface area contributed by atoms with E-state index < -0.39 is 6.04 Å². The second-order valence-corrected chi connectivity index (χ2v) is 7.49. The molecule has 3 N–H and O–H groups in total. The van der Waals surface area contributed by atoms with Crippen LogP contribution in [0, 0.1) is 0 Å². The first-order chi connectivity index (χ1) is 13.0. The van der Waals surface area contributed by atoms with Crippen molar-refractivity contribution >= 4 is 28.2 Å². The van der Waals surface area contributed by atoms with Gasteiger partial charge in [0.1, 0.15) is 17.6 Å². The van der Waals surface area contributed by atoms with E-state index in [1.165, 1.54) is 18.4 Å². The lowest BCUT2D eigenvalue weighted by Crippen LogP contribution is -2.45. The Morgan fingerprint density at radius 3 is 2.81 bits per heavy atom. The summed E-state index contributed by atoms with van der Waals surface area (Å²) in [5.74, 6) is 0.575. The average molecular weight is 391 g/mol. The number of nitrogens with one attached hydrogen (secondary N) is 1. The Morgan fingerprint density at radius 1 is 1.37 bits per heavy atom. The predicted molar refractivity (Wildman–Crippen MR) is 106 cm³/mol. The molecule has 1 aliphatic heterocycles. The number of nitrogens with two attached hydrogens (primary N) is 1. The van der Waals surface area contributed by atoms with Gasteiger partial charge in [0.15, 0.2) is 5.13 Å². The van der Waals surface area contributed by atoms with E-state index in [1.807, 2.05) is 23.6 Å². The molecule has 0 bridgehead atoms. The maximum absolute atomic E-state index is 12.0. The second-order valence-electron chi connectivity index (χ2n) is 6.63. The lowest BCUT2D eigenvalue weighted by atomic mass is 10.2. The van der Waals surface area contributed by atoms with Gasteiger partial charge in [-0.15, -0.1) is 11.3 Å². The lowest BCUT2D eigenvalue weighted by molar-refractivity contribution is -0.118. The van der Waals surface area contributed by atoms with Crippen molar-refractivity contribution in [1.29, 1.82) is 0 Å². The van der Waals surface area contributed by atoms with Crippen molar-refractivity contribution in [3.63, 3.8) is 0 Å². The SMILES string of the molecule is COC[C@H](N)C(=O)Nc1nc(-c2cccc(N3C[C@@H](C)O[C@@H](C)C3)n2)cs1. The Morgan fingerprint density at radius 2 is 2.11 bits per heavy atom. The van der Waals surface area contributed by atoms with Crippen molar-refractivity contribution in [2.75, 3.05) is 37.0 Å². The third-order valence-corrected chi connectivity index (χ3v) is 4.92. The maximum atomic E-state index is 12.0. The van der Waals surface area contributed by atoms with Crippen molar-refractivity contribution in [3.8, 4) is 11.4 Å². The molecule has 146 valence electrons. The zero-order chi connectivity index (χ0) is 19.4. The smallest absolute Gasteiger partial charge is 0.245 e. The Balaban J connectivity index is 1.72. The van der Waals surface area contributed by atoms with Crippen LogP contribution in [0.5, 0.6) is 0 Å². The molecule has 27 heavy (non-hydrogen) atoms. The number of ether oxygens (including phenoxy) is 2. The zero-order valence-electron chi connectivity index (χ0n) is 15.7. The molecular weight excluding hydrogens is 366 g/mol. The number of methoxy groups -OCH3 is 1. The van der Waals surface area contributed by atoms with Crippen molar-refractivity contribution in [3.05, 3.63) is 23.6 Å². The molecule has 0 unspecified atom stereocenters. The van der Waals surface area contributed by atoms with Gasteiger partial charge in [0.25, 0.3) is 0 Å². The van der Waals surface area contributed by atoms with Crippen LogP contribution in [-0.4, -0.2) is 60.9 Å². The number of carbonyl (C=O) groups is 1. The summed E-state index contributed by atoms with van der Waals surface area (Å²) in [6.07, 6.45) is 0.327. The standard InChI is InChI=1S/C18H25N5O3S/c1-11-7-23(8-12(2)26-11)16-6-4-5-14(20-16)15-10-27-18(21-15)22-17(24)13(19)9-25-3/h4-6,10-13H,7-9,19H2,1-3H3,(H,21,22,24)/t11-,12+,13-/m0/s1. The van der Waals surface area contributed by atoms with E-state index >= 15 is 0 Å². The first-order valence-electron chi connectivity index (χ1n) is 8.85. The van der Waals surface area contributed by atoms with Crippen LogP contribution in [0.15, 0.2) is 23.6 Å². The molecule has 0 radical (unpaired) electrons. The summed E-state index contributed by atoms with van der Waals surface area (Å²) in [7, 11) is 1.50. The van der Waals surface area contributed by atoms with E-state index in [4.69, 9.17) is 20.2 Å². The molecule has 1 saturated heterocycles. The molecule has 2 aromatic rings. The van der Waals surface area contributed by atoms with Crippen LogP contribution < -0.4 is 16.0 Å². The Labute approximate surface area is 162 Å². The molecule has 0 saturated carbocycles. The molecular formula is C18H25N5O3S. The van der Waals surface area contributed by atoms with Gasteiger partial charge in [-0.25, -0.2) is 9.97 Å². The van der Waals surface area contributed by atoms with Crippen LogP contribution in [0.4, 0.5) is 10.9 Å². The number of thiazole rings is 1. The third kappa shape index (κ3) is 5.01. The molecule has 0 aliphatic carbocycles. The molecule has 9 heteroatoms. The van der Waals surface area contributed by atoms with Crippen LogP contribution in [0.1, 0.15) is 13.8 Å². The lowest BCUT2D eigenvalue weighted by Gasteiger charge is -2.36. The number of anilines is 2. The van der Waals surface area contributed by atoms with Crippen LogP contribution in [-0.2, 0) is 14.3 Å². The highest BCUT2D eigenvalue weighted by atomic mass is 32.1. The van der Waals surface area contributed by atoms with Gasteiger partial charge < -0.3 is 25.4 Å². The Kier molecular flexibility index (Phi) is 6.38. The number of pyridine rings is 1. The van der Waals surface area contributed by atoms with Gasteiger partial charge in [0.05, 0.1) is 24.5 Å². The van der Waals surface area contributed by atoms with E-state index in [1.54, 1.807) is 0 Å². The van der Waals surface area contributed by atoms with Gasteiger partial charge in [-0.05, 0) is 26.0 Å². The largest absolute Gasteiger partial charge is 0.383 e. The number of morpholine rings is 1. The highest BCUT2D eigenvalue weighted by Gasteiger charge is 2.23. The quantitative estimate of drug-likeness (QED) is 0.773. The summed E-state index contributed by atoms with van der Waals surface area (Å²) in [4.78, 5) is 23.4. The van der Waals surface area contributed by atoms with E-state index in [9.17, 15) is 4.79 Å². The van der Waals surface area contributed by atoms with Crippen molar-refractivity contribution in [2.45, 2.75) is 32.1 Å². The number of aromatic nitrogens is 2. The van der Waals surface area contributed by atoms with Crippen LogP contribution >= 0.6 is 11.3 Å². The molecule has 0 aromatic carbocycles. The van der Waals surface area contributed by atoms with E-state index in [-0.39, 0.29) is 24.7 Å². The molecule has 1 amide bonds. The minimum Gasteiger partial charge on any atom is -0.383 e. The fourth-order valence-corrected chi connectivity index (χ4v) is 3.72. The molecule has 1 aliphatic rings. The number of carbonyl (C=O) groups excluding carboxylic acids is 1. The molecule has 3 rings (SSSR count). The summed E-state index contributed by atoms with van der Waals surface area (Å²) in [6, 6.07) is 5.14. The topological polar surface area (TPSA) is 103 Å². The minimum absolute atomic E-state index is 0.157. The van der Waals surface area contributed by atoms with Crippen LogP contribution in [0.2, 0.25) is 0 Å². The first kappa shape index (κ1) is 19.7. The third-order valence-electron chi connectivity index (χ3n) is 4.16. The predicted octanol–water partition coefficient (Wildman–Crippen LogP) is 1.73. The molecule has 8 nitrogen and oxygen atoms in total. The monoisotopic (exact) mass is 391 g/mol. The van der Waals surface area contributed by atoms with Gasteiger partial charge in [0.2, 0.25) is 5.91 Å². The van der Waals surface area contributed by atoms with Crippen molar-refractivity contribution in [1.82, 2.24) is 9.97 Å². The first-order valence-corrected chi connectivity index (χ1v) is 9.73. The summed E-state index contributed by atoms with van der Waals surface area (Å²) in [5.41, 5.74) is 7.21. The fourth-order valence-electron chi connectivity index (χ4n) is 3.01. The molecule has 3 atom stereocenters. The van der Waals surface area contributed by atoms with Crippen molar-refractivity contribution < 1.29 is 14.3 Å². The van der Waals surface area contributed by atoms with E-state index in [0.717, 1.165) is 24.6 Å². The molecule has 0 spiro atoms. The van der Waals surface area contributed by atoms with Gasteiger partial charge in [-0.2, -0.15) is 0 Å². The Bertz CT molecular complexity index is 774. The van der Waals surface area contributed by atoms with Crippen LogP contribution in [0.25, 0.3) is 11.4 Å². The summed E-state index contributed by atoms with van der Waals surface area (Å²) < 4.78 is 10.7. The average Bonchev–Trinajstić information content (AvgIpc) is 3.10. The zero-order valence-corrected chi connectivity index (χ0v) is 16.5. The Hall–Kier alpha value is -2.07. The normalized spacial score (nSPS) is 21.1. The van der Waals surface area contributed by atoms with Crippen LogP contribution in [0.3, 0.4) is 0 Å². The number of hydrogen-bond acceptors (Lipinski definition) is 8. The minimum atomic E-state index is -0.728. The molecule has 3 heterocycles. The maximum Gasteiger partial charge on any atom is 0.245 e. The number of hydrogen-bond donors (Lipinski definition) is 2. The van der Waals surface area contributed by atoms with Gasteiger partial charge in [-0.1, -0.05) is 6.07 Å². The number of nitrogens with zero attached hydrogens (tertiary/aromatic N) is 3.